The minimum absolute atomic E-state index is 0.148. The molecule has 0 bridgehead atoms. The standard InChI is InChI=1S/C19H10Cl2F3N3.C2H6/c20-11-4-6-15-16(9-11)27-18(26-15)10-3-5-12(14(21)8-10)17-13(19(22,23)24)2-1-7-25-17;1-2/h1-9H,(H,26,27);1-2H3. The number of H-pyrrole nitrogens is 1. The number of pyridine rings is 1. The van der Waals surface area contributed by atoms with Gasteiger partial charge in [0, 0.05) is 22.3 Å². The van der Waals surface area contributed by atoms with E-state index in [0.29, 0.717) is 16.4 Å². The van der Waals surface area contributed by atoms with E-state index in [4.69, 9.17) is 23.2 Å². The molecule has 0 aliphatic carbocycles. The summed E-state index contributed by atoms with van der Waals surface area (Å²) >= 11 is 12.3. The van der Waals surface area contributed by atoms with E-state index in [9.17, 15) is 13.2 Å². The van der Waals surface area contributed by atoms with Gasteiger partial charge in [-0.2, -0.15) is 13.2 Å². The van der Waals surface area contributed by atoms with Crippen molar-refractivity contribution in [3.8, 4) is 22.6 Å². The van der Waals surface area contributed by atoms with Crippen LogP contribution in [-0.2, 0) is 6.18 Å². The Morgan fingerprint density at radius 3 is 2.41 bits per heavy atom. The molecule has 0 amide bonds. The Kier molecular flexibility index (Phi) is 6.15. The molecule has 3 nitrogen and oxygen atoms in total. The zero-order chi connectivity index (χ0) is 21.2. The van der Waals surface area contributed by atoms with Gasteiger partial charge >= 0.3 is 6.18 Å². The third-order valence-electron chi connectivity index (χ3n) is 4.05. The van der Waals surface area contributed by atoms with Crippen molar-refractivity contribution in [1.82, 2.24) is 15.0 Å². The minimum atomic E-state index is -4.52. The Labute approximate surface area is 175 Å². The van der Waals surface area contributed by atoms with E-state index in [1.165, 1.54) is 18.3 Å². The molecular weight excluding hydrogens is 422 g/mol. The van der Waals surface area contributed by atoms with Crippen LogP contribution >= 0.6 is 23.2 Å². The van der Waals surface area contributed by atoms with Gasteiger partial charge in [-0.15, -0.1) is 0 Å². The maximum Gasteiger partial charge on any atom is 0.418 e. The zero-order valence-corrected chi connectivity index (χ0v) is 17.0. The Morgan fingerprint density at radius 2 is 1.72 bits per heavy atom. The van der Waals surface area contributed by atoms with E-state index >= 15 is 0 Å². The molecular formula is C21H16Cl2F3N3. The molecule has 0 radical (unpaired) electrons. The topological polar surface area (TPSA) is 41.6 Å². The van der Waals surface area contributed by atoms with Gasteiger partial charge in [-0.05, 0) is 36.4 Å². The highest BCUT2D eigenvalue weighted by molar-refractivity contribution is 6.33. The smallest absolute Gasteiger partial charge is 0.338 e. The number of aromatic nitrogens is 3. The summed E-state index contributed by atoms with van der Waals surface area (Å²) in [5.41, 5.74) is 1.27. The predicted octanol–water partition coefficient (Wildman–Crippen LogP) is 7.64. The molecule has 0 aliphatic heterocycles. The lowest BCUT2D eigenvalue weighted by Gasteiger charge is -2.13. The molecule has 150 valence electrons. The molecule has 4 aromatic rings. The lowest BCUT2D eigenvalue weighted by atomic mass is 10.0. The van der Waals surface area contributed by atoms with Gasteiger partial charge in [-0.25, -0.2) is 4.98 Å². The third-order valence-corrected chi connectivity index (χ3v) is 4.60. The number of hydrogen-bond donors (Lipinski definition) is 1. The number of imidazole rings is 1. The van der Waals surface area contributed by atoms with Gasteiger partial charge in [-0.3, -0.25) is 4.98 Å². The fraction of sp³-hybridized carbons (Fsp3) is 0.143. The number of rotatable bonds is 2. The molecule has 2 aromatic heterocycles. The van der Waals surface area contributed by atoms with Crippen molar-refractivity contribution in [1.29, 1.82) is 0 Å². The highest BCUT2D eigenvalue weighted by atomic mass is 35.5. The Hall–Kier alpha value is -2.57. The first kappa shape index (κ1) is 21.1. The largest absolute Gasteiger partial charge is 0.418 e. The normalized spacial score (nSPS) is 11.3. The molecule has 1 N–H and O–H groups in total. The Balaban J connectivity index is 0.00000117. The lowest BCUT2D eigenvalue weighted by Crippen LogP contribution is -2.08. The molecule has 8 heteroatoms. The zero-order valence-electron chi connectivity index (χ0n) is 15.5. The number of aromatic amines is 1. The van der Waals surface area contributed by atoms with E-state index in [1.807, 2.05) is 13.8 Å². The highest BCUT2D eigenvalue weighted by Crippen LogP contribution is 2.39. The van der Waals surface area contributed by atoms with Gasteiger partial charge in [0.1, 0.15) is 5.82 Å². The summed E-state index contributed by atoms with van der Waals surface area (Å²) in [6.45, 7) is 4.00. The Bertz CT molecular complexity index is 1150. The van der Waals surface area contributed by atoms with Crippen molar-refractivity contribution < 1.29 is 13.2 Å². The second-order valence-corrected chi connectivity index (χ2v) is 6.68. The van der Waals surface area contributed by atoms with Crippen LogP contribution < -0.4 is 0 Å². The summed E-state index contributed by atoms with van der Waals surface area (Å²) in [5.74, 6) is 0.540. The predicted molar refractivity (Wildman–Crippen MR) is 111 cm³/mol. The van der Waals surface area contributed by atoms with Crippen LogP contribution in [0.25, 0.3) is 33.7 Å². The van der Waals surface area contributed by atoms with E-state index in [0.717, 1.165) is 17.1 Å². The highest BCUT2D eigenvalue weighted by Gasteiger charge is 2.34. The number of fused-ring (bicyclic) bond motifs is 1. The van der Waals surface area contributed by atoms with Crippen molar-refractivity contribution in [2.24, 2.45) is 0 Å². The summed E-state index contributed by atoms with van der Waals surface area (Å²) in [7, 11) is 0. The van der Waals surface area contributed by atoms with Crippen LogP contribution in [0.1, 0.15) is 19.4 Å². The van der Waals surface area contributed by atoms with Crippen molar-refractivity contribution in [3.63, 3.8) is 0 Å². The lowest BCUT2D eigenvalue weighted by molar-refractivity contribution is -0.137. The fourth-order valence-electron chi connectivity index (χ4n) is 2.82. The number of hydrogen-bond acceptors (Lipinski definition) is 2. The van der Waals surface area contributed by atoms with Crippen molar-refractivity contribution in [2.45, 2.75) is 20.0 Å². The second-order valence-electron chi connectivity index (χ2n) is 5.84. The molecule has 0 unspecified atom stereocenters. The van der Waals surface area contributed by atoms with Crippen LogP contribution in [0.15, 0.2) is 54.7 Å². The maximum atomic E-state index is 13.3. The first-order valence-electron chi connectivity index (χ1n) is 8.81. The van der Waals surface area contributed by atoms with Gasteiger partial charge in [0.2, 0.25) is 0 Å². The van der Waals surface area contributed by atoms with Crippen LogP contribution in [0.3, 0.4) is 0 Å². The van der Waals surface area contributed by atoms with E-state index in [2.05, 4.69) is 15.0 Å². The van der Waals surface area contributed by atoms with Gasteiger partial charge < -0.3 is 4.98 Å². The SMILES string of the molecule is CC.FC(F)(F)c1cccnc1-c1ccc(-c2nc3ccc(Cl)cc3[nH]2)cc1Cl. The van der Waals surface area contributed by atoms with E-state index < -0.39 is 11.7 Å². The monoisotopic (exact) mass is 437 g/mol. The summed E-state index contributed by atoms with van der Waals surface area (Å²) in [6.07, 6.45) is -3.22. The van der Waals surface area contributed by atoms with Gasteiger partial charge in [0.15, 0.2) is 0 Å². The van der Waals surface area contributed by atoms with Crippen LogP contribution in [0.5, 0.6) is 0 Å². The average molecular weight is 438 g/mol. The van der Waals surface area contributed by atoms with Crippen LogP contribution in [0.4, 0.5) is 13.2 Å². The first-order valence-corrected chi connectivity index (χ1v) is 9.56. The first-order chi connectivity index (χ1) is 13.8. The number of alkyl halides is 3. The summed E-state index contributed by atoms with van der Waals surface area (Å²) in [4.78, 5) is 11.5. The van der Waals surface area contributed by atoms with Crippen LogP contribution in [-0.4, -0.2) is 15.0 Å². The quantitative estimate of drug-likeness (QED) is 0.349. The molecule has 0 spiro atoms. The fourth-order valence-corrected chi connectivity index (χ4v) is 3.26. The van der Waals surface area contributed by atoms with Gasteiger partial charge in [-0.1, -0.05) is 49.2 Å². The molecule has 0 fully saturated rings. The minimum Gasteiger partial charge on any atom is -0.338 e. The summed E-state index contributed by atoms with van der Waals surface area (Å²) < 4.78 is 39.8. The number of nitrogens with zero attached hydrogens (tertiary/aromatic N) is 2. The van der Waals surface area contributed by atoms with E-state index in [1.54, 1.807) is 30.3 Å². The molecule has 4 rings (SSSR count). The Morgan fingerprint density at radius 1 is 0.966 bits per heavy atom. The van der Waals surface area contributed by atoms with Crippen molar-refractivity contribution in [2.75, 3.05) is 0 Å². The molecule has 0 saturated heterocycles. The number of nitrogens with one attached hydrogen (secondary N) is 1. The average Bonchev–Trinajstić information content (AvgIpc) is 3.12. The third kappa shape index (κ3) is 4.38. The second kappa shape index (κ2) is 8.43. The van der Waals surface area contributed by atoms with Crippen LogP contribution in [0.2, 0.25) is 10.0 Å². The molecule has 0 atom stereocenters. The van der Waals surface area contributed by atoms with E-state index in [-0.39, 0.29) is 16.3 Å². The molecule has 2 aromatic carbocycles. The molecule has 0 saturated carbocycles. The molecule has 29 heavy (non-hydrogen) atoms. The molecule has 2 heterocycles. The van der Waals surface area contributed by atoms with Gasteiger partial charge in [0.25, 0.3) is 0 Å². The number of benzene rings is 2. The van der Waals surface area contributed by atoms with Gasteiger partial charge in [0.05, 0.1) is 27.3 Å². The maximum absolute atomic E-state index is 13.3. The number of halogens is 5. The van der Waals surface area contributed by atoms with Crippen molar-refractivity contribution >= 4 is 34.2 Å². The summed E-state index contributed by atoms with van der Waals surface area (Å²) in [6, 6.07) is 12.2. The van der Waals surface area contributed by atoms with Crippen molar-refractivity contribution in [3.05, 3.63) is 70.3 Å². The van der Waals surface area contributed by atoms with Crippen LogP contribution in [0, 0.1) is 0 Å². The summed E-state index contributed by atoms with van der Waals surface area (Å²) in [5, 5.41) is 0.719. The molecule has 0 aliphatic rings.